The molecule has 1 aliphatic carbocycles. The van der Waals surface area contributed by atoms with Gasteiger partial charge in [-0.3, -0.25) is 0 Å². The highest BCUT2D eigenvalue weighted by Gasteiger charge is 2.00. The molecule has 15 heavy (non-hydrogen) atoms. The van der Waals surface area contributed by atoms with Crippen LogP contribution >= 0.6 is 0 Å². The van der Waals surface area contributed by atoms with Crippen molar-refractivity contribution in [3.63, 3.8) is 0 Å². The summed E-state index contributed by atoms with van der Waals surface area (Å²) < 4.78 is 0. The lowest BCUT2D eigenvalue weighted by Crippen LogP contribution is -1.89. The fraction of sp³-hybridized carbons (Fsp3) is 0.467. The Hall–Kier alpha value is -1.04. The van der Waals surface area contributed by atoms with E-state index in [0.29, 0.717) is 0 Å². The van der Waals surface area contributed by atoms with E-state index < -0.39 is 0 Å². The van der Waals surface area contributed by atoms with Crippen molar-refractivity contribution in [3.8, 4) is 0 Å². The third kappa shape index (κ3) is 4.33. The Morgan fingerprint density at radius 1 is 1.13 bits per heavy atom. The van der Waals surface area contributed by atoms with Crippen molar-refractivity contribution in [2.75, 3.05) is 0 Å². The van der Waals surface area contributed by atoms with Crippen LogP contribution in [0.1, 0.15) is 46.5 Å². The summed E-state index contributed by atoms with van der Waals surface area (Å²) in [5.41, 5.74) is 5.63. The molecule has 82 valence electrons. The van der Waals surface area contributed by atoms with E-state index in [1.54, 1.807) is 0 Å². The van der Waals surface area contributed by atoms with E-state index in [0.717, 1.165) is 19.3 Å². The average Bonchev–Trinajstić information content (AvgIpc) is 2.16. The first-order valence-corrected chi connectivity index (χ1v) is 5.77. The Kier molecular flexibility index (Phi) is 4.61. The van der Waals surface area contributed by atoms with E-state index in [9.17, 15) is 0 Å². The van der Waals surface area contributed by atoms with Gasteiger partial charge < -0.3 is 0 Å². The highest BCUT2D eigenvalue weighted by molar-refractivity contribution is 5.30. The van der Waals surface area contributed by atoms with Crippen molar-refractivity contribution in [1.82, 2.24) is 0 Å². The highest BCUT2D eigenvalue weighted by Crippen LogP contribution is 2.20. The van der Waals surface area contributed by atoms with Crippen LogP contribution in [-0.2, 0) is 0 Å². The smallest absolute Gasteiger partial charge is 0.0242 e. The van der Waals surface area contributed by atoms with Gasteiger partial charge in [0.15, 0.2) is 0 Å². The van der Waals surface area contributed by atoms with Gasteiger partial charge in [-0.15, -0.1) is 0 Å². The Labute approximate surface area is 94.1 Å². The molecule has 0 amide bonds. The molecule has 0 aromatic heterocycles. The zero-order valence-corrected chi connectivity index (χ0v) is 10.3. The lowest BCUT2D eigenvalue weighted by molar-refractivity contribution is 0.897. The van der Waals surface area contributed by atoms with Gasteiger partial charge in [-0.2, -0.15) is 0 Å². The molecule has 0 unspecified atom stereocenters. The van der Waals surface area contributed by atoms with Crippen LogP contribution in [0.25, 0.3) is 0 Å². The highest BCUT2D eigenvalue weighted by atomic mass is 14.1. The lowest BCUT2D eigenvalue weighted by Gasteiger charge is -2.09. The van der Waals surface area contributed by atoms with Crippen molar-refractivity contribution in [1.29, 1.82) is 0 Å². The second-order valence-corrected chi connectivity index (χ2v) is 4.61. The molecular weight excluding hydrogens is 180 g/mol. The molecule has 0 radical (unpaired) electrons. The maximum Gasteiger partial charge on any atom is -0.0242 e. The number of hydrogen-bond donors (Lipinski definition) is 0. The molecule has 0 nitrogen and oxygen atoms in total. The SMILES string of the molecule is C=C1C=CC(=C(C)C)CCC(C)=CCC1. The topological polar surface area (TPSA) is 0 Å². The summed E-state index contributed by atoms with van der Waals surface area (Å²) in [6, 6.07) is 0. The summed E-state index contributed by atoms with van der Waals surface area (Å²) in [6.07, 6.45) is 11.4. The van der Waals surface area contributed by atoms with Gasteiger partial charge in [-0.25, -0.2) is 0 Å². The van der Waals surface area contributed by atoms with Gasteiger partial charge in [0.1, 0.15) is 0 Å². The molecule has 0 fully saturated rings. The quantitative estimate of drug-likeness (QED) is 0.487. The van der Waals surface area contributed by atoms with Gasteiger partial charge in [0, 0.05) is 0 Å². The minimum Gasteiger partial charge on any atom is -0.0958 e. The van der Waals surface area contributed by atoms with E-state index in [1.165, 1.54) is 28.7 Å². The van der Waals surface area contributed by atoms with Gasteiger partial charge in [0.05, 0.1) is 0 Å². The van der Waals surface area contributed by atoms with E-state index in [-0.39, 0.29) is 0 Å². The first-order chi connectivity index (χ1) is 7.09. The summed E-state index contributed by atoms with van der Waals surface area (Å²) in [4.78, 5) is 0. The van der Waals surface area contributed by atoms with Crippen molar-refractivity contribution in [3.05, 3.63) is 47.1 Å². The third-order valence-electron chi connectivity index (χ3n) is 2.91. The average molecular weight is 202 g/mol. The second-order valence-electron chi connectivity index (χ2n) is 4.61. The minimum absolute atomic E-state index is 1.09. The van der Waals surface area contributed by atoms with Crippen LogP contribution in [0.2, 0.25) is 0 Å². The lowest BCUT2D eigenvalue weighted by atomic mass is 9.97. The number of rotatable bonds is 0. The predicted molar refractivity (Wildman–Crippen MR) is 68.9 cm³/mol. The standard InChI is InChI=1S/C15H22/c1-12(2)15-10-8-13(3)6-5-7-14(4)9-11-15/h7-8,10H,3,5-6,9,11H2,1-2,4H3. The Bertz CT molecular complexity index is 320. The molecule has 1 rings (SSSR count). The molecule has 0 aromatic carbocycles. The zero-order valence-electron chi connectivity index (χ0n) is 10.3. The molecular formula is C15H22. The largest absolute Gasteiger partial charge is 0.0958 e. The van der Waals surface area contributed by atoms with E-state index in [4.69, 9.17) is 0 Å². The van der Waals surface area contributed by atoms with E-state index in [1.807, 2.05) is 0 Å². The maximum atomic E-state index is 4.07. The molecule has 1 aliphatic rings. The van der Waals surface area contributed by atoms with Crippen molar-refractivity contribution in [2.45, 2.75) is 46.5 Å². The summed E-state index contributed by atoms with van der Waals surface area (Å²) in [5, 5.41) is 0. The van der Waals surface area contributed by atoms with Crippen molar-refractivity contribution >= 4 is 0 Å². The van der Waals surface area contributed by atoms with Crippen molar-refractivity contribution in [2.24, 2.45) is 0 Å². The molecule has 0 atom stereocenters. The van der Waals surface area contributed by atoms with Gasteiger partial charge in [0.2, 0.25) is 0 Å². The zero-order chi connectivity index (χ0) is 11.3. The normalized spacial score (nSPS) is 18.7. The first-order valence-electron chi connectivity index (χ1n) is 5.77. The van der Waals surface area contributed by atoms with Crippen LogP contribution < -0.4 is 0 Å². The predicted octanol–water partition coefficient (Wildman–Crippen LogP) is 4.96. The van der Waals surface area contributed by atoms with Crippen LogP contribution in [0.3, 0.4) is 0 Å². The Morgan fingerprint density at radius 2 is 1.87 bits per heavy atom. The second kappa shape index (κ2) is 5.75. The van der Waals surface area contributed by atoms with Crippen LogP contribution in [0.4, 0.5) is 0 Å². The maximum absolute atomic E-state index is 4.07. The summed E-state index contributed by atoms with van der Waals surface area (Å²) >= 11 is 0. The molecule has 0 N–H and O–H groups in total. The minimum atomic E-state index is 1.09. The molecule has 0 spiro atoms. The van der Waals surface area contributed by atoms with E-state index >= 15 is 0 Å². The molecule has 0 saturated carbocycles. The fourth-order valence-electron chi connectivity index (χ4n) is 1.74. The van der Waals surface area contributed by atoms with Gasteiger partial charge in [-0.1, -0.05) is 41.5 Å². The number of allylic oxidation sites excluding steroid dienone is 7. The summed E-state index contributed by atoms with van der Waals surface area (Å²) in [6.45, 7) is 10.7. The van der Waals surface area contributed by atoms with Crippen molar-refractivity contribution < 1.29 is 0 Å². The van der Waals surface area contributed by atoms with Crippen LogP contribution in [0.15, 0.2) is 47.1 Å². The summed E-state index contributed by atoms with van der Waals surface area (Å²) in [7, 11) is 0. The molecule has 0 heteroatoms. The Morgan fingerprint density at radius 3 is 2.53 bits per heavy atom. The Balaban J connectivity index is 2.85. The van der Waals surface area contributed by atoms with Crippen LogP contribution in [-0.4, -0.2) is 0 Å². The van der Waals surface area contributed by atoms with Gasteiger partial charge in [-0.05, 0) is 52.0 Å². The first kappa shape index (κ1) is 12.0. The van der Waals surface area contributed by atoms with Crippen LogP contribution in [0, 0.1) is 0 Å². The number of hydrogen-bond acceptors (Lipinski definition) is 0. The molecule has 0 saturated heterocycles. The summed E-state index contributed by atoms with van der Waals surface area (Å²) in [5.74, 6) is 0. The molecule has 0 heterocycles. The fourth-order valence-corrected chi connectivity index (χ4v) is 1.74. The van der Waals surface area contributed by atoms with E-state index in [2.05, 4.69) is 45.6 Å². The monoisotopic (exact) mass is 202 g/mol. The van der Waals surface area contributed by atoms with Gasteiger partial charge >= 0.3 is 0 Å². The molecule has 0 aromatic rings. The molecule has 0 bridgehead atoms. The third-order valence-corrected chi connectivity index (χ3v) is 2.91. The van der Waals surface area contributed by atoms with Crippen LogP contribution in [0.5, 0.6) is 0 Å². The molecule has 0 aliphatic heterocycles. The van der Waals surface area contributed by atoms with Gasteiger partial charge in [0.25, 0.3) is 0 Å².